The monoisotopic (exact) mass is 969 g/mol. The van der Waals surface area contributed by atoms with Crippen LogP contribution < -0.4 is 0 Å². The number of hydrogen-bond acceptors (Lipinski definition) is 2. The minimum Gasteiger partial charge on any atom is -0.308 e. The van der Waals surface area contributed by atoms with E-state index in [0.717, 1.165) is 102 Å². The number of hydrogen-bond donors (Lipinski definition) is 0. The van der Waals surface area contributed by atoms with E-state index in [9.17, 15) is 26.3 Å². The molecule has 0 bridgehead atoms. The van der Waals surface area contributed by atoms with Crippen molar-refractivity contribution < 1.29 is 26.3 Å². The van der Waals surface area contributed by atoms with Gasteiger partial charge in [-0.05, 0) is 128 Å². The molecule has 0 saturated carbocycles. The third-order valence-electron chi connectivity index (χ3n) is 13.4. The third-order valence-corrected chi connectivity index (χ3v) is 13.4. The number of nitrogens with zero attached hydrogens (tertiary/aromatic N) is 3. The van der Waals surface area contributed by atoms with Crippen molar-refractivity contribution in [2.45, 2.75) is 40.0 Å². The Morgan fingerprint density at radius 1 is 0.329 bits per heavy atom. The van der Waals surface area contributed by atoms with Crippen LogP contribution in [0.2, 0.25) is 0 Å². The lowest BCUT2D eigenvalue weighted by atomic mass is 9.90. The molecule has 0 aliphatic rings. The smallest absolute Gasteiger partial charge is 0.308 e. The summed E-state index contributed by atoms with van der Waals surface area (Å²) in [6.07, 6.45) is -9.21. The minimum atomic E-state index is -4.61. The fourth-order valence-corrected chi connectivity index (χ4v) is 10.1. The van der Waals surface area contributed by atoms with E-state index in [1.807, 2.05) is 78.9 Å². The van der Waals surface area contributed by atoms with Crippen LogP contribution in [0.5, 0.6) is 0 Å². The Balaban J connectivity index is 1.27. The molecule has 358 valence electrons. The zero-order valence-electron chi connectivity index (χ0n) is 40.2. The van der Waals surface area contributed by atoms with Crippen molar-refractivity contribution in [1.29, 1.82) is 0 Å². The fourth-order valence-electron chi connectivity index (χ4n) is 10.1. The van der Waals surface area contributed by atoms with Crippen molar-refractivity contribution >= 4 is 21.8 Å². The van der Waals surface area contributed by atoms with E-state index < -0.39 is 23.5 Å². The van der Waals surface area contributed by atoms with Gasteiger partial charge in [0.15, 0.2) is 5.82 Å². The van der Waals surface area contributed by atoms with Crippen LogP contribution in [-0.2, 0) is 12.4 Å². The first-order chi connectivity index (χ1) is 35.0. The van der Waals surface area contributed by atoms with Gasteiger partial charge in [0, 0.05) is 38.6 Å². The molecule has 0 unspecified atom stereocenters. The van der Waals surface area contributed by atoms with Crippen LogP contribution in [0.1, 0.15) is 33.4 Å². The van der Waals surface area contributed by atoms with Crippen LogP contribution in [-0.4, -0.2) is 14.5 Å². The van der Waals surface area contributed by atoms with Gasteiger partial charge in [0.2, 0.25) is 0 Å². The SMILES string of the molecule is Cc1cc(C)cc(-c2ccc3c(c2)c2cc(-c4cc(C)cc(C)c4)ccc2n3-c2c(-c3ccc(C(F)(F)F)cc3)cc(-c3cc(-c4ccccc4)nc(-c4ccccc4)n3)cc2-c2ccc(C(F)(F)F)cc2)c1. The largest absolute Gasteiger partial charge is 0.416 e. The first kappa shape index (κ1) is 46.8. The van der Waals surface area contributed by atoms with E-state index in [-0.39, 0.29) is 0 Å². The van der Waals surface area contributed by atoms with Gasteiger partial charge >= 0.3 is 12.4 Å². The summed E-state index contributed by atoms with van der Waals surface area (Å²) in [4.78, 5) is 10.1. The molecule has 2 aromatic heterocycles. The molecule has 3 nitrogen and oxygen atoms in total. The van der Waals surface area contributed by atoms with Crippen LogP contribution >= 0.6 is 0 Å². The summed E-state index contributed by atoms with van der Waals surface area (Å²) in [5.74, 6) is 0.440. The van der Waals surface area contributed by atoms with Gasteiger partial charge < -0.3 is 4.57 Å². The highest BCUT2D eigenvalue weighted by Gasteiger charge is 2.32. The van der Waals surface area contributed by atoms with Gasteiger partial charge in [0.1, 0.15) is 0 Å². The third kappa shape index (κ3) is 9.19. The zero-order valence-corrected chi connectivity index (χ0v) is 40.2. The molecule has 0 aliphatic heterocycles. The predicted octanol–water partition coefficient (Wildman–Crippen LogP) is 18.5. The quantitative estimate of drug-likeness (QED) is 0.142. The maximum Gasteiger partial charge on any atom is 0.416 e. The second kappa shape index (κ2) is 18.2. The zero-order chi connectivity index (χ0) is 50.8. The van der Waals surface area contributed by atoms with E-state index in [2.05, 4.69) is 105 Å². The van der Waals surface area contributed by atoms with E-state index in [1.165, 1.54) is 24.3 Å². The Kier molecular flexibility index (Phi) is 11.7. The molecular formula is C64H45F6N3. The molecule has 0 saturated heterocycles. The van der Waals surface area contributed by atoms with Crippen LogP contribution in [0.25, 0.3) is 106 Å². The highest BCUT2D eigenvalue weighted by molar-refractivity contribution is 6.13. The Bertz CT molecular complexity index is 3610. The van der Waals surface area contributed by atoms with Crippen molar-refractivity contribution in [3.63, 3.8) is 0 Å². The van der Waals surface area contributed by atoms with Gasteiger partial charge in [-0.15, -0.1) is 0 Å². The first-order valence-corrected chi connectivity index (χ1v) is 23.8. The summed E-state index contributed by atoms with van der Waals surface area (Å²) in [5, 5.41) is 1.82. The van der Waals surface area contributed by atoms with Gasteiger partial charge in [0.25, 0.3) is 0 Å². The summed E-state index contributed by atoms with van der Waals surface area (Å²) in [7, 11) is 0. The molecule has 9 heteroatoms. The molecule has 0 spiro atoms. The molecule has 0 N–H and O–H groups in total. The summed E-state index contributed by atoms with van der Waals surface area (Å²) >= 11 is 0. The van der Waals surface area contributed by atoms with Crippen molar-refractivity contribution in [3.05, 3.63) is 234 Å². The van der Waals surface area contributed by atoms with E-state index in [0.29, 0.717) is 50.7 Å². The van der Waals surface area contributed by atoms with Crippen molar-refractivity contribution in [1.82, 2.24) is 14.5 Å². The summed E-state index contributed by atoms with van der Waals surface area (Å²) in [6, 6.07) is 60.4. The second-order valence-electron chi connectivity index (χ2n) is 18.8. The molecule has 0 atom stereocenters. The molecule has 11 aromatic rings. The highest BCUT2D eigenvalue weighted by Crippen LogP contribution is 2.47. The molecule has 11 rings (SSSR count). The van der Waals surface area contributed by atoms with Gasteiger partial charge in [-0.2, -0.15) is 26.3 Å². The Hall–Kier alpha value is -8.56. The van der Waals surface area contributed by atoms with Crippen LogP contribution in [0.3, 0.4) is 0 Å². The van der Waals surface area contributed by atoms with Gasteiger partial charge in [0.05, 0.1) is 39.2 Å². The topological polar surface area (TPSA) is 30.7 Å². The van der Waals surface area contributed by atoms with Crippen LogP contribution in [0.4, 0.5) is 26.3 Å². The molecular weight excluding hydrogens is 925 g/mol. The number of benzene rings is 9. The van der Waals surface area contributed by atoms with E-state index in [1.54, 1.807) is 0 Å². The first-order valence-electron chi connectivity index (χ1n) is 23.8. The summed E-state index contributed by atoms with van der Waals surface area (Å²) in [6.45, 7) is 8.27. The molecule has 0 amide bonds. The molecule has 2 heterocycles. The number of aryl methyl sites for hydroxylation is 4. The van der Waals surface area contributed by atoms with Crippen LogP contribution in [0.15, 0.2) is 200 Å². The van der Waals surface area contributed by atoms with Crippen molar-refractivity contribution in [3.8, 4) is 84.1 Å². The number of aromatic nitrogens is 3. The van der Waals surface area contributed by atoms with E-state index in [4.69, 9.17) is 9.97 Å². The van der Waals surface area contributed by atoms with Crippen LogP contribution in [0, 0.1) is 27.7 Å². The maximum atomic E-state index is 14.3. The number of rotatable bonds is 8. The molecule has 0 radical (unpaired) electrons. The maximum absolute atomic E-state index is 14.3. The summed E-state index contributed by atoms with van der Waals surface area (Å²) < 4.78 is 88.0. The lowest BCUT2D eigenvalue weighted by Crippen LogP contribution is -2.06. The standard InChI is InChI=1S/C64H45F6N3/c1-38-27-39(2)30-48(29-38)46-19-25-59-55(33-46)56-34-47(49-31-40(3)28-41(4)32-49)20-26-60(56)73(59)61-53(42-15-21-51(22-16-42)63(65,66)67)35-50(36-54(61)43-17-23-52(24-18-43)64(68,69)70)58-37-57(44-11-7-5-8-12-44)71-62(72-58)45-13-9-6-10-14-45/h5-37H,1-4H3. The minimum absolute atomic E-state index is 0.440. The molecule has 9 aromatic carbocycles. The lowest BCUT2D eigenvalue weighted by Gasteiger charge is -2.22. The van der Waals surface area contributed by atoms with Crippen molar-refractivity contribution in [2.75, 3.05) is 0 Å². The molecule has 0 fully saturated rings. The average molecular weight is 970 g/mol. The number of halogens is 6. The Labute approximate surface area is 418 Å². The fraction of sp³-hybridized carbons (Fsp3) is 0.0938. The average Bonchev–Trinajstić information content (AvgIpc) is 3.70. The Morgan fingerprint density at radius 2 is 0.712 bits per heavy atom. The highest BCUT2D eigenvalue weighted by atomic mass is 19.4. The van der Waals surface area contributed by atoms with Gasteiger partial charge in [-0.25, -0.2) is 9.97 Å². The lowest BCUT2D eigenvalue weighted by molar-refractivity contribution is -0.138. The van der Waals surface area contributed by atoms with Gasteiger partial charge in [-0.3, -0.25) is 0 Å². The molecule has 73 heavy (non-hydrogen) atoms. The number of fused-ring (bicyclic) bond motifs is 3. The Morgan fingerprint density at radius 3 is 1.12 bits per heavy atom. The van der Waals surface area contributed by atoms with E-state index >= 15 is 0 Å². The predicted molar refractivity (Wildman–Crippen MR) is 283 cm³/mol. The second-order valence-corrected chi connectivity index (χ2v) is 18.8. The normalized spacial score (nSPS) is 12.0. The van der Waals surface area contributed by atoms with Crippen molar-refractivity contribution in [2.24, 2.45) is 0 Å². The summed E-state index contributed by atoms with van der Waals surface area (Å²) in [5.41, 5.74) is 14.3. The number of alkyl halides is 6. The van der Waals surface area contributed by atoms with Gasteiger partial charge in [-0.1, -0.05) is 156 Å². The molecule has 0 aliphatic carbocycles.